The number of aromatic amines is 2. The van der Waals surface area contributed by atoms with Crippen LogP contribution < -0.4 is 11.1 Å². The van der Waals surface area contributed by atoms with Gasteiger partial charge in [0.25, 0.3) is 0 Å². The third-order valence-electron chi connectivity index (χ3n) is 2.93. The van der Waals surface area contributed by atoms with Crippen molar-refractivity contribution in [3.63, 3.8) is 0 Å². The molecule has 2 heterocycles. The molecule has 3 aromatic rings. The molecule has 0 amide bonds. The second-order valence-corrected chi connectivity index (χ2v) is 6.75. The molecule has 3 rings (SSSR count). The van der Waals surface area contributed by atoms with E-state index in [-0.39, 0.29) is 0 Å². The summed E-state index contributed by atoms with van der Waals surface area (Å²) in [6.07, 6.45) is -0.772. The van der Waals surface area contributed by atoms with Crippen molar-refractivity contribution in [3.8, 4) is 0 Å². The zero-order valence-electron chi connectivity index (χ0n) is 10.0. The molecule has 1 atom stereocenters. The van der Waals surface area contributed by atoms with Crippen molar-refractivity contribution in [1.82, 2.24) is 9.97 Å². The molecule has 0 bridgehead atoms. The van der Waals surface area contributed by atoms with Gasteiger partial charge in [-0.1, -0.05) is 6.07 Å². The van der Waals surface area contributed by atoms with Gasteiger partial charge in [0.05, 0.1) is 14.8 Å². The molecule has 7 heteroatoms. The molecule has 0 saturated heterocycles. The van der Waals surface area contributed by atoms with E-state index < -0.39 is 17.2 Å². The summed E-state index contributed by atoms with van der Waals surface area (Å²) < 4.78 is 0.935. The van der Waals surface area contributed by atoms with Crippen molar-refractivity contribution < 1.29 is 5.11 Å². The van der Waals surface area contributed by atoms with Crippen LogP contribution in [0, 0.1) is 0 Å². The summed E-state index contributed by atoms with van der Waals surface area (Å²) in [6, 6.07) is 8.73. The van der Waals surface area contributed by atoms with Gasteiger partial charge in [-0.05, 0) is 45.8 Å². The fourth-order valence-corrected chi connectivity index (χ4v) is 3.38. The molecule has 20 heavy (non-hydrogen) atoms. The molecule has 5 nitrogen and oxygen atoms in total. The van der Waals surface area contributed by atoms with Gasteiger partial charge < -0.3 is 15.1 Å². The van der Waals surface area contributed by atoms with E-state index in [1.54, 1.807) is 18.2 Å². The number of fused-ring (bicyclic) bond motifs is 1. The first-order chi connectivity index (χ1) is 9.54. The van der Waals surface area contributed by atoms with E-state index >= 15 is 0 Å². The summed E-state index contributed by atoms with van der Waals surface area (Å²) in [4.78, 5) is 28.3. The lowest BCUT2D eigenvalue weighted by Gasteiger charge is -2.09. The van der Waals surface area contributed by atoms with Crippen LogP contribution in [0.25, 0.3) is 11.0 Å². The predicted octanol–water partition coefficient (Wildman–Crippen LogP) is 2.12. The second-order valence-electron chi connectivity index (χ2n) is 4.26. The van der Waals surface area contributed by atoms with Crippen LogP contribution in [0.1, 0.15) is 16.5 Å². The van der Waals surface area contributed by atoms with E-state index in [1.165, 1.54) is 11.3 Å². The molecule has 3 N–H and O–H groups in total. The molecule has 0 aliphatic heterocycles. The molecule has 2 aromatic heterocycles. The maximum absolute atomic E-state index is 11.3. The number of rotatable bonds is 2. The second kappa shape index (κ2) is 5.01. The van der Waals surface area contributed by atoms with E-state index in [0.717, 1.165) is 8.66 Å². The summed E-state index contributed by atoms with van der Waals surface area (Å²) in [5, 5.41) is 10.3. The Morgan fingerprint density at radius 3 is 2.40 bits per heavy atom. The van der Waals surface area contributed by atoms with Crippen molar-refractivity contribution in [3.05, 3.63) is 65.3 Å². The quantitative estimate of drug-likeness (QED) is 0.617. The largest absolute Gasteiger partial charge is 0.383 e. The number of aromatic nitrogens is 2. The SMILES string of the molecule is O=c1[nH]c2ccc(C(O)c3ccc(Br)s3)cc2[nH]c1=O. The monoisotopic (exact) mass is 352 g/mol. The molecule has 0 radical (unpaired) electrons. The number of halogens is 1. The Bertz CT molecular complexity index is 896. The van der Waals surface area contributed by atoms with E-state index in [2.05, 4.69) is 25.9 Å². The lowest BCUT2D eigenvalue weighted by atomic mass is 10.1. The Morgan fingerprint density at radius 2 is 1.75 bits per heavy atom. The van der Waals surface area contributed by atoms with Crippen molar-refractivity contribution in [2.24, 2.45) is 0 Å². The normalized spacial score (nSPS) is 12.7. The van der Waals surface area contributed by atoms with Crippen LogP contribution in [-0.2, 0) is 0 Å². The minimum Gasteiger partial charge on any atom is -0.383 e. The van der Waals surface area contributed by atoms with Crippen LogP contribution in [0.2, 0.25) is 0 Å². The van der Waals surface area contributed by atoms with Gasteiger partial charge in [0, 0.05) is 4.88 Å². The average Bonchev–Trinajstić information content (AvgIpc) is 2.85. The molecule has 0 saturated carbocycles. The Balaban J connectivity index is 2.11. The molecule has 1 unspecified atom stereocenters. The number of nitrogens with one attached hydrogen (secondary N) is 2. The number of aliphatic hydroxyl groups excluding tert-OH is 1. The maximum atomic E-state index is 11.3. The zero-order chi connectivity index (χ0) is 14.3. The Kier molecular flexibility index (Phi) is 3.33. The third kappa shape index (κ3) is 2.35. The highest BCUT2D eigenvalue weighted by Crippen LogP contribution is 2.31. The topological polar surface area (TPSA) is 85.9 Å². The molecule has 0 fully saturated rings. The van der Waals surface area contributed by atoms with Crippen molar-refractivity contribution >= 4 is 38.3 Å². The van der Waals surface area contributed by atoms with Crippen LogP contribution in [-0.4, -0.2) is 15.1 Å². The molecule has 102 valence electrons. The summed E-state index contributed by atoms with van der Waals surface area (Å²) >= 11 is 4.79. The van der Waals surface area contributed by atoms with Gasteiger partial charge in [0.1, 0.15) is 6.10 Å². The smallest absolute Gasteiger partial charge is 0.314 e. The van der Waals surface area contributed by atoms with Gasteiger partial charge in [-0.25, -0.2) is 0 Å². The number of benzene rings is 1. The molecule has 1 aromatic carbocycles. The van der Waals surface area contributed by atoms with Gasteiger partial charge in [-0.2, -0.15) is 0 Å². The Labute approximate surface area is 125 Å². The summed E-state index contributed by atoms with van der Waals surface area (Å²) in [5.74, 6) is 0. The highest BCUT2D eigenvalue weighted by Gasteiger charge is 2.13. The lowest BCUT2D eigenvalue weighted by molar-refractivity contribution is 0.224. The number of H-pyrrole nitrogens is 2. The van der Waals surface area contributed by atoms with Crippen LogP contribution >= 0.6 is 27.3 Å². The zero-order valence-corrected chi connectivity index (χ0v) is 12.4. The van der Waals surface area contributed by atoms with Gasteiger partial charge in [0.2, 0.25) is 0 Å². The third-order valence-corrected chi connectivity index (χ3v) is 4.60. The fourth-order valence-electron chi connectivity index (χ4n) is 1.94. The minimum atomic E-state index is -0.772. The number of thiophene rings is 1. The molecular weight excluding hydrogens is 344 g/mol. The van der Waals surface area contributed by atoms with Crippen molar-refractivity contribution in [2.75, 3.05) is 0 Å². The molecular formula is C13H9BrN2O3S. The van der Waals surface area contributed by atoms with E-state index in [9.17, 15) is 14.7 Å². The first-order valence-electron chi connectivity index (χ1n) is 5.74. The van der Waals surface area contributed by atoms with Gasteiger partial charge in [0.15, 0.2) is 0 Å². The number of aliphatic hydroxyl groups is 1. The number of hydrogen-bond donors (Lipinski definition) is 3. The van der Waals surface area contributed by atoms with Gasteiger partial charge >= 0.3 is 11.1 Å². The van der Waals surface area contributed by atoms with Crippen molar-refractivity contribution in [2.45, 2.75) is 6.10 Å². The predicted molar refractivity (Wildman–Crippen MR) is 81.3 cm³/mol. The Morgan fingerprint density at radius 1 is 1.05 bits per heavy atom. The number of hydrogen-bond acceptors (Lipinski definition) is 4. The lowest BCUT2D eigenvalue weighted by Crippen LogP contribution is -2.28. The van der Waals surface area contributed by atoms with Crippen LogP contribution in [0.3, 0.4) is 0 Å². The highest BCUT2D eigenvalue weighted by molar-refractivity contribution is 9.11. The summed E-state index contributed by atoms with van der Waals surface area (Å²) in [5.41, 5.74) is 0.269. The van der Waals surface area contributed by atoms with E-state index in [4.69, 9.17) is 0 Å². The van der Waals surface area contributed by atoms with Gasteiger partial charge in [-0.3, -0.25) is 9.59 Å². The van der Waals surface area contributed by atoms with E-state index in [1.807, 2.05) is 12.1 Å². The van der Waals surface area contributed by atoms with Crippen LogP contribution in [0.4, 0.5) is 0 Å². The minimum absolute atomic E-state index is 0.488. The van der Waals surface area contributed by atoms with Gasteiger partial charge in [-0.15, -0.1) is 11.3 Å². The molecule has 0 spiro atoms. The van der Waals surface area contributed by atoms with E-state index in [0.29, 0.717) is 16.6 Å². The summed E-state index contributed by atoms with van der Waals surface area (Å²) in [6.45, 7) is 0. The maximum Gasteiger partial charge on any atom is 0.314 e. The first-order valence-corrected chi connectivity index (χ1v) is 7.35. The van der Waals surface area contributed by atoms with Crippen LogP contribution in [0.5, 0.6) is 0 Å². The van der Waals surface area contributed by atoms with Crippen LogP contribution in [0.15, 0.2) is 43.7 Å². The molecule has 0 aliphatic carbocycles. The first kappa shape index (κ1) is 13.3. The standard InChI is InChI=1S/C13H9BrN2O3S/c14-10-4-3-9(20-10)11(17)6-1-2-7-8(5-6)16-13(19)12(18)15-7/h1-5,11,17H,(H,15,18)(H,16,19). The highest BCUT2D eigenvalue weighted by atomic mass is 79.9. The average molecular weight is 353 g/mol. The summed E-state index contributed by atoms with van der Waals surface area (Å²) in [7, 11) is 0. The Hall–Kier alpha value is -1.70. The van der Waals surface area contributed by atoms with Crippen molar-refractivity contribution in [1.29, 1.82) is 0 Å². The fraction of sp³-hybridized carbons (Fsp3) is 0.0769. The molecule has 0 aliphatic rings.